The highest BCUT2D eigenvalue weighted by molar-refractivity contribution is 5.71. The van der Waals surface area contributed by atoms with Crippen LogP contribution in [0.5, 0.6) is 0 Å². The summed E-state index contributed by atoms with van der Waals surface area (Å²) in [6.45, 7) is 4.39. The van der Waals surface area contributed by atoms with Crippen molar-refractivity contribution in [3.63, 3.8) is 0 Å². The van der Waals surface area contributed by atoms with Crippen molar-refractivity contribution in [3.05, 3.63) is 18.2 Å². The molecule has 0 amide bonds. The fourth-order valence-electron chi connectivity index (χ4n) is 2.04. The van der Waals surface area contributed by atoms with Crippen molar-refractivity contribution in [1.82, 2.24) is 4.90 Å². The SMILES string of the molecule is CNc1ccc(N2CCN(C)CC2)cc1N. The van der Waals surface area contributed by atoms with Crippen molar-refractivity contribution in [1.29, 1.82) is 0 Å². The van der Waals surface area contributed by atoms with E-state index in [4.69, 9.17) is 5.73 Å². The van der Waals surface area contributed by atoms with Crippen molar-refractivity contribution >= 4 is 17.1 Å². The molecule has 4 nitrogen and oxygen atoms in total. The van der Waals surface area contributed by atoms with Gasteiger partial charge in [-0.3, -0.25) is 0 Å². The molecule has 0 saturated carbocycles. The normalized spacial score (nSPS) is 17.5. The van der Waals surface area contributed by atoms with Gasteiger partial charge in [0.15, 0.2) is 0 Å². The fourth-order valence-corrected chi connectivity index (χ4v) is 2.04. The molecule has 88 valence electrons. The van der Waals surface area contributed by atoms with Gasteiger partial charge in [0.25, 0.3) is 0 Å². The van der Waals surface area contributed by atoms with Crippen LogP contribution >= 0.6 is 0 Å². The predicted molar refractivity (Wildman–Crippen MR) is 70.1 cm³/mol. The summed E-state index contributed by atoms with van der Waals surface area (Å²) in [6, 6.07) is 6.23. The number of rotatable bonds is 2. The Bertz CT molecular complexity index is 356. The van der Waals surface area contributed by atoms with E-state index in [0.717, 1.165) is 37.6 Å². The van der Waals surface area contributed by atoms with Gasteiger partial charge >= 0.3 is 0 Å². The van der Waals surface area contributed by atoms with E-state index in [-0.39, 0.29) is 0 Å². The van der Waals surface area contributed by atoms with Gasteiger partial charge in [0, 0.05) is 38.9 Å². The molecule has 4 heteroatoms. The van der Waals surface area contributed by atoms with Gasteiger partial charge in [0.05, 0.1) is 11.4 Å². The number of anilines is 3. The lowest BCUT2D eigenvalue weighted by Gasteiger charge is -2.34. The minimum atomic E-state index is 0.818. The summed E-state index contributed by atoms with van der Waals surface area (Å²) in [6.07, 6.45) is 0. The first-order chi connectivity index (χ1) is 7.70. The highest BCUT2D eigenvalue weighted by Gasteiger charge is 2.14. The second-order valence-electron chi connectivity index (χ2n) is 4.31. The molecule has 0 aliphatic carbocycles. The van der Waals surface area contributed by atoms with Gasteiger partial charge in [-0.2, -0.15) is 0 Å². The van der Waals surface area contributed by atoms with Crippen LogP contribution in [0, 0.1) is 0 Å². The summed E-state index contributed by atoms with van der Waals surface area (Å²) < 4.78 is 0. The van der Waals surface area contributed by atoms with Gasteiger partial charge < -0.3 is 20.9 Å². The molecule has 3 N–H and O–H groups in total. The average Bonchev–Trinajstić information content (AvgIpc) is 2.30. The third-order valence-electron chi connectivity index (χ3n) is 3.17. The Morgan fingerprint density at radius 1 is 1.19 bits per heavy atom. The van der Waals surface area contributed by atoms with E-state index in [0.29, 0.717) is 0 Å². The van der Waals surface area contributed by atoms with E-state index < -0.39 is 0 Å². The van der Waals surface area contributed by atoms with Crippen LogP contribution in [0.1, 0.15) is 0 Å². The standard InChI is InChI=1S/C12H20N4/c1-14-12-4-3-10(9-11(12)13)16-7-5-15(2)6-8-16/h3-4,9,14H,5-8,13H2,1-2H3. The average molecular weight is 220 g/mol. The summed E-state index contributed by atoms with van der Waals surface area (Å²) in [5, 5.41) is 3.08. The molecule has 1 aromatic carbocycles. The third-order valence-corrected chi connectivity index (χ3v) is 3.17. The van der Waals surface area contributed by atoms with Crippen LogP contribution in [-0.2, 0) is 0 Å². The molecule has 1 aliphatic heterocycles. The van der Waals surface area contributed by atoms with Crippen LogP contribution in [0.3, 0.4) is 0 Å². The molecule has 0 spiro atoms. The van der Waals surface area contributed by atoms with Crippen LogP contribution < -0.4 is 16.0 Å². The van der Waals surface area contributed by atoms with Crippen molar-refractivity contribution in [2.45, 2.75) is 0 Å². The van der Waals surface area contributed by atoms with E-state index in [1.54, 1.807) is 0 Å². The number of nitrogens with one attached hydrogen (secondary N) is 1. The number of nitrogen functional groups attached to an aromatic ring is 1. The van der Waals surface area contributed by atoms with Crippen molar-refractivity contribution in [3.8, 4) is 0 Å². The van der Waals surface area contributed by atoms with Crippen molar-refractivity contribution in [2.24, 2.45) is 0 Å². The first kappa shape index (κ1) is 11.1. The maximum absolute atomic E-state index is 5.97. The van der Waals surface area contributed by atoms with Crippen LogP contribution in [0.25, 0.3) is 0 Å². The van der Waals surface area contributed by atoms with Crippen LogP contribution in [0.15, 0.2) is 18.2 Å². The summed E-state index contributed by atoms with van der Waals surface area (Å²) in [5.74, 6) is 0. The number of benzene rings is 1. The largest absolute Gasteiger partial charge is 0.397 e. The van der Waals surface area contributed by atoms with E-state index in [2.05, 4.69) is 34.3 Å². The Morgan fingerprint density at radius 2 is 1.88 bits per heavy atom. The summed E-state index contributed by atoms with van der Waals surface area (Å²) in [5.41, 5.74) is 9.01. The highest BCUT2D eigenvalue weighted by atomic mass is 15.2. The van der Waals surface area contributed by atoms with E-state index in [9.17, 15) is 0 Å². The lowest BCUT2D eigenvalue weighted by molar-refractivity contribution is 0.313. The maximum Gasteiger partial charge on any atom is 0.0572 e. The molecule has 0 unspecified atom stereocenters. The monoisotopic (exact) mass is 220 g/mol. The number of hydrogen-bond donors (Lipinski definition) is 2. The Morgan fingerprint density at radius 3 is 2.44 bits per heavy atom. The topological polar surface area (TPSA) is 44.5 Å². The molecule has 0 aromatic heterocycles. The minimum Gasteiger partial charge on any atom is -0.397 e. The number of piperazine rings is 1. The first-order valence-corrected chi connectivity index (χ1v) is 5.71. The quantitative estimate of drug-likeness (QED) is 0.732. The molecule has 0 bridgehead atoms. The first-order valence-electron chi connectivity index (χ1n) is 5.71. The smallest absolute Gasteiger partial charge is 0.0572 e. The zero-order valence-electron chi connectivity index (χ0n) is 10.0. The molecule has 2 rings (SSSR count). The van der Waals surface area contributed by atoms with Crippen LogP contribution in [-0.4, -0.2) is 45.2 Å². The minimum absolute atomic E-state index is 0.818. The Hall–Kier alpha value is -1.42. The van der Waals surface area contributed by atoms with Crippen LogP contribution in [0.4, 0.5) is 17.1 Å². The van der Waals surface area contributed by atoms with Gasteiger partial charge in [-0.15, -0.1) is 0 Å². The van der Waals surface area contributed by atoms with E-state index in [1.807, 2.05) is 13.1 Å². The van der Waals surface area contributed by atoms with Crippen molar-refractivity contribution < 1.29 is 0 Å². The van der Waals surface area contributed by atoms with Gasteiger partial charge in [0.1, 0.15) is 0 Å². The number of likely N-dealkylation sites (N-methyl/N-ethyl adjacent to an activating group) is 1. The Balaban J connectivity index is 2.12. The van der Waals surface area contributed by atoms with Gasteiger partial charge in [0.2, 0.25) is 0 Å². The molecule has 0 atom stereocenters. The van der Waals surface area contributed by atoms with E-state index >= 15 is 0 Å². The van der Waals surface area contributed by atoms with Crippen LogP contribution in [0.2, 0.25) is 0 Å². The Labute approximate surface area is 97.0 Å². The highest BCUT2D eigenvalue weighted by Crippen LogP contribution is 2.25. The zero-order valence-corrected chi connectivity index (χ0v) is 10.0. The summed E-state index contributed by atoms with van der Waals surface area (Å²) in [7, 11) is 4.05. The molecule has 0 radical (unpaired) electrons. The predicted octanol–water partition coefficient (Wildman–Crippen LogP) is 1.06. The fraction of sp³-hybridized carbons (Fsp3) is 0.500. The summed E-state index contributed by atoms with van der Waals surface area (Å²) >= 11 is 0. The number of nitrogens with zero attached hydrogens (tertiary/aromatic N) is 2. The molecular weight excluding hydrogens is 200 g/mol. The maximum atomic E-state index is 5.97. The van der Waals surface area contributed by atoms with E-state index in [1.165, 1.54) is 5.69 Å². The second-order valence-corrected chi connectivity index (χ2v) is 4.31. The van der Waals surface area contributed by atoms with Gasteiger partial charge in [-0.05, 0) is 25.2 Å². The molecule has 1 fully saturated rings. The molecule has 1 heterocycles. The van der Waals surface area contributed by atoms with Crippen molar-refractivity contribution in [2.75, 3.05) is 56.2 Å². The second kappa shape index (κ2) is 4.61. The number of nitrogens with two attached hydrogens (primary N) is 1. The zero-order chi connectivity index (χ0) is 11.5. The lowest BCUT2D eigenvalue weighted by atomic mass is 10.2. The molecule has 16 heavy (non-hydrogen) atoms. The van der Waals surface area contributed by atoms with Gasteiger partial charge in [-0.1, -0.05) is 0 Å². The van der Waals surface area contributed by atoms with Gasteiger partial charge in [-0.25, -0.2) is 0 Å². The number of hydrogen-bond acceptors (Lipinski definition) is 4. The third kappa shape index (κ3) is 2.22. The molecule has 1 saturated heterocycles. The Kier molecular flexibility index (Phi) is 3.19. The molecule has 1 aliphatic rings. The summed E-state index contributed by atoms with van der Waals surface area (Å²) in [4.78, 5) is 4.73. The molecular formula is C12H20N4. The lowest BCUT2D eigenvalue weighted by Crippen LogP contribution is -2.44. The molecule has 1 aromatic rings.